The highest BCUT2D eigenvalue weighted by Gasteiger charge is 2.30. The van der Waals surface area contributed by atoms with Crippen LogP contribution in [0.15, 0.2) is 83.8 Å². The Morgan fingerprint density at radius 1 is 0.889 bits per heavy atom. The van der Waals surface area contributed by atoms with Crippen LogP contribution in [0.3, 0.4) is 0 Å². The SMILES string of the molecule is COc1cccc(C(C)N(c2ccc(C)cc2)S(=O)(=O)c2ccccc2)c1. The van der Waals surface area contributed by atoms with E-state index in [0.717, 1.165) is 11.1 Å². The fourth-order valence-corrected chi connectivity index (χ4v) is 4.67. The summed E-state index contributed by atoms with van der Waals surface area (Å²) in [5, 5.41) is 0. The van der Waals surface area contributed by atoms with Crippen LogP contribution in [0.5, 0.6) is 5.75 Å². The number of hydrogen-bond donors (Lipinski definition) is 0. The first-order valence-electron chi connectivity index (χ1n) is 8.73. The number of nitrogens with zero attached hydrogens (tertiary/aromatic N) is 1. The van der Waals surface area contributed by atoms with Crippen molar-refractivity contribution in [2.24, 2.45) is 0 Å². The van der Waals surface area contributed by atoms with Crippen molar-refractivity contribution in [2.75, 3.05) is 11.4 Å². The minimum Gasteiger partial charge on any atom is -0.497 e. The number of anilines is 1. The molecule has 3 aromatic carbocycles. The standard InChI is InChI=1S/C22H23NO3S/c1-17-12-14-20(15-13-17)23(27(24,25)22-10-5-4-6-11-22)18(2)19-8-7-9-21(16-19)26-3/h4-16,18H,1-3H3. The zero-order valence-electron chi connectivity index (χ0n) is 15.7. The van der Waals surface area contributed by atoms with Gasteiger partial charge in [0.1, 0.15) is 5.75 Å². The van der Waals surface area contributed by atoms with Crippen molar-refractivity contribution in [1.29, 1.82) is 0 Å². The molecule has 0 N–H and O–H groups in total. The number of ether oxygens (including phenoxy) is 1. The molecule has 4 nitrogen and oxygen atoms in total. The highest BCUT2D eigenvalue weighted by atomic mass is 32.2. The largest absolute Gasteiger partial charge is 0.497 e. The third-order valence-electron chi connectivity index (χ3n) is 4.52. The molecule has 1 unspecified atom stereocenters. The first-order chi connectivity index (χ1) is 12.9. The van der Waals surface area contributed by atoms with Gasteiger partial charge in [-0.1, -0.05) is 48.0 Å². The molecule has 0 bridgehead atoms. The second kappa shape index (κ2) is 7.84. The van der Waals surface area contributed by atoms with Gasteiger partial charge in [0.05, 0.1) is 23.7 Å². The Labute approximate surface area is 161 Å². The third-order valence-corrected chi connectivity index (χ3v) is 6.43. The summed E-state index contributed by atoms with van der Waals surface area (Å²) in [6.45, 7) is 3.86. The van der Waals surface area contributed by atoms with E-state index in [2.05, 4.69) is 0 Å². The average molecular weight is 381 g/mol. The first kappa shape index (κ1) is 19.0. The topological polar surface area (TPSA) is 46.6 Å². The monoisotopic (exact) mass is 381 g/mol. The summed E-state index contributed by atoms with van der Waals surface area (Å²) < 4.78 is 33.7. The van der Waals surface area contributed by atoms with Crippen LogP contribution >= 0.6 is 0 Å². The summed E-state index contributed by atoms with van der Waals surface area (Å²) in [6.07, 6.45) is 0. The van der Waals surface area contributed by atoms with Crippen molar-refractivity contribution >= 4 is 15.7 Å². The van der Waals surface area contributed by atoms with E-state index in [-0.39, 0.29) is 4.90 Å². The zero-order valence-corrected chi connectivity index (χ0v) is 16.5. The zero-order chi connectivity index (χ0) is 19.4. The van der Waals surface area contributed by atoms with Crippen LogP contribution in [0.25, 0.3) is 0 Å². The molecule has 0 amide bonds. The van der Waals surface area contributed by atoms with E-state index < -0.39 is 16.1 Å². The van der Waals surface area contributed by atoms with Gasteiger partial charge >= 0.3 is 0 Å². The molecule has 0 aliphatic rings. The summed E-state index contributed by atoms with van der Waals surface area (Å²) in [4.78, 5) is 0.264. The van der Waals surface area contributed by atoms with E-state index in [9.17, 15) is 8.42 Å². The minimum atomic E-state index is -3.74. The van der Waals surface area contributed by atoms with Crippen LogP contribution in [-0.2, 0) is 10.0 Å². The molecule has 3 aromatic rings. The molecule has 0 spiro atoms. The average Bonchev–Trinajstić information content (AvgIpc) is 2.70. The Hall–Kier alpha value is -2.79. The van der Waals surface area contributed by atoms with Gasteiger partial charge in [-0.2, -0.15) is 0 Å². The highest BCUT2D eigenvalue weighted by Crippen LogP contribution is 2.34. The quantitative estimate of drug-likeness (QED) is 0.606. The number of benzene rings is 3. The molecule has 0 fully saturated rings. The van der Waals surface area contributed by atoms with Crippen molar-refractivity contribution in [3.05, 3.63) is 90.0 Å². The summed E-state index contributed by atoms with van der Waals surface area (Å²) in [6, 6.07) is 23.1. The lowest BCUT2D eigenvalue weighted by molar-refractivity contribution is 0.414. The van der Waals surface area contributed by atoms with Gasteiger partial charge in [-0.3, -0.25) is 4.31 Å². The Bertz CT molecular complexity index is 999. The normalized spacial score (nSPS) is 12.4. The number of rotatable bonds is 6. The fourth-order valence-electron chi connectivity index (χ4n) is 3.01. The minimum absolute atomic E-state index is 0.264. The molecule has 0 saturated carbocycles. The number of hydrogen-bond acceptors (Lipinski definition) is 3. The van der Waals surface area contributed by atoms with Crippen LogP contribution < -0.4 is 9.04 Å². The first-order valence-corrected chi connectivity index (χ1v) is 10.2. The molecule has 140 valence electrons. The molecule has 0 aliphatic carbocycles. The Morgan fingerprint density at radius 3 is 2.19 bits per heavy atom. The molecule has 3 rings (SSSR count). The molecule has 5 heteroatoms. The molecule has 0 aliphatic heterocycles. The molecule has 0 heterocycles. The van der Waals surface area contributed by atoms with Crippen LogP contribution in [0.2, 0.25) is 0 Å². The van der Waals surface area contributed by atoms with Crippen molar-refractivity contribution in [3.8, 4) is 5.75 Å². The smallest absolute Gasteiger partial charge is 0.264 e. The van der Waals surface area contributed by atoms with Gasteiger partial charge < -0.3 is 4.74 Å². The summed E-state index contributed by atoms with van der Waals surface area (Å²) >= 11 is 0. The van der Waals surface area contributed by atoms with E-state index in [4.69, 9.17) is 4.74 Å². The highest BCUT2D eigenvalue weighted by molar-refractivity contribution is 7.92. The third kappa shape index (κ3) is 3.98. The van der Waals surface area contributed by atoms with Gasteiger partial charge in [0.2, 0.25) is 0 Å². The molecule has 0 saturated heterocycles. The second-order valence-corrected chi connectivity index (χ2v) is 8.22. The van der Waals surface area contributed by atoms with Crippen molar-refractivity contribution in [3.63, 3.8) is 0 Å². The predicted octanol–water partition coefficient (Wildman–Crippen LogP) is 4.96. The second-order valence-electron chi connectivity index (χ2n) is 6.40. The number of methoxy groups -OCH3 is 1. The summed E-state index contributed by atoms with van der Waals surface area (Å²) in [5.74, 6) is 0.695. The van der Waals surface area contributed by atoms with E-state index in [1.165, 1.54) is 4.31 Å². The fraction of sp³-hybridized carbons (Fsp3) is 0.182. The number of sulfonamides is 1. The maximum atomic E-state index is 13.5. The Morgan fingerprint density at radius 2 is 1.56 bits per heavy atom. The molecular formula is C22H23NO3S. The van der Waals surface area contributed by atoms with Gasteiger partial charge in [0.25, 0.3) is 10.0 Å². The molecular weight excluding hydrogens is 358 g/mol. The van der Waals surface area contributed by atoms with Gasteiger partial charge in [0, 0.05) is 0 Å². The lowest BCUT2D eigenvalue weighted by Gasteiger charge is -2.31. The summed E-state index contributed by atoms with van der Waals surface area (Å²) in [5.41, 5.74) is 2.55. The van der Waals surface area contributed by atoms with Crippen molar-refractivity contribution in [2.45, 2.75) is 24.8 Å². The van der Waals surface area contributed by atoms with Gasteiger partial charge in [-0.05, 0) is 55.8 Å². The van der Waals surface area contributed by atoms with Gasteiger partial charge in [0.15, 0.2) is 0 Å². The van der Waals surface area contributed by atoms with E-state index in [0.29, 0.717) is 11.4 Å². The van der Waals surface area contributed by atoms with E-state index in [1.807, 2.05) is 62.4 Å². The lowest BCUT2D eigenvalue weighted by Crippen LogP contribution is -2.33. The number of aryl methyl sites for hydroxylation is 1. The van der Waals surface area contributed by atoms with E-state index in [1.54, 1.807) is 37.4 Å². The molecule has 27 heavy (non-hydrogen) atoms. The lowest BCUT2D eigenvalue weighted by atomic mass is 10.1. The Balaban J connectivity index is 2.14. The Kier molecular flexibility index (Phi) is 5.51. The van der Waals surface area contributed by atoms with Crippen LogP contribution in [0.4, 0.5) is 5.69 Å². The predicted molar refractivity (Wildman–Crippen MR) is 109 cm³/mol. The maximum Gasteiger partial charge on any atom is 0.264 e. The van der Waals surface area contributed by atoms with Gasteiger partial charge in [-0.25, -0.2) is 8.42 Å². The van der Waals surface area contributed by atoms with Crippen LogP contribution in [0, 0.1) is 6.92 Å². The van der Waals surface area contributed by atoms with Crippen molar-refractivity contribution in [1.82, 2.24) is 0 Å². The summed E-state index contributed by atoms with van der Waals surface area (Å²) in [7, 11) is -2.14. The molecule has 1 atom stereocenters. The van der Waals surface area contributed by atoms with Crippen molar-refractivity contribution < 1.29 is 13.2 Å². The van der Waals surface area contributed by atoms with Gasteiger partial charge in [-0.15, -0.1) is 0 Å². The van der Waals surface area contributed by atoms with E-state index >= 15 is 0 Å². The molecule has 0 aromatic heterocycles. The van der Waals surface area contributed by atoms with Crippen LogP contribution in [0.1, 0.15) is 24.1 Å². The maximum absolute atomic E-state index is 13.5. The van der Waals surface area contributed by atoms with Crippen LogP contribution in [-0.4, -0.2) is 15.5 Å². The molecule has 0 radical (unpaired) electrons.